The Morgan fingerprint density at radius 2 is 0.908 bits per heavy atom. The second kappa shape index (κ2) is 24.6. The predicted octanol–water partition coefficient (Wildman–Crippen LogP) is 5.70. The first-order valence-corrected chi connectivity index (χ1v) is 20.5. The number of Topliss-reactive ketones (excluding diaryl/α,β-unsaturated/α-hetero) is 3. The normalized spacial score (nSPS) is 14.9. The maximum atomic E-state index is 13.4. The molecule has 19 heteroatoms. The molecule has 6 rings (SSSR count). The molecule has 2 aliphatic rings. The molecule has 0 aromatic heterocycles. The summed E-state index contributed by atoms with van der Waals surface area (Å²) in [4.78, 5) is 68.5. The van der Waals surface area contributed by atoms with Gasteiger partial charge < -0.3 is 25.7 Å². The number of para-hydroxylation sites is 2. The summed E-state index contributed by atoms with van der Waals surface area (Å²) < 4.78 is 76.7. The number of hydrogen-bond donors (Lipinski definition) is 3. The van der Waals surface area contributed by atoms with Crippen molar-refractivity contribution in [1.29, 1.82) is 0 Å². The number of rotatable bonds is 13. The van der Waals surface area contributed by atoms with Crippen LogP contribution in [0.3, 0.4) is 0 Å². The third kappa shape index (κ3) is 16.9. The van der Waals surface area contributed by atoms with Crippen molar-refractivity contribution in [3.63, 3.8) is 0 Å². The van der Waals surface area contributed by atoms with Gasteiger partial charge in [-0.15, -0.1) is 0 Å². The number of halogens is 6. The third-order valence-electron chi connectivity index (χ3n) is 10.2. The number of nitrogens with two attached hydrogens (primary N) is 1. The van der Waals surface area contributed by atoms with Gasteiger partial charge in [0.1, 0.15) is 23.8 Å². The van der Waals surface area contributed by atoms with E-state index in [0.717, 1.165) is 17.7 Å². The fraction of sp³-hybridized carbons (Fsp3) is 0.348. The molecule has 4 aromatic carbocycles. The van der Waals surface area contributed by atoms with Crippen LogP contribution in [0.4, 0.5) is 26.3 Å². The van der Waals surface area contributed by atoms with E-state index in [1.165, 1.54) is 40.1 Å². The lowest BCUT2D eigenvalue weighted by atomic mass is 10.1. The number of aromatic hydroxyl groups is 2. The highest BCUT2D eigenvalue weighted by molar-refractivity contribution is 6.06. The Hall–Kier alpha value is -6.44. The summed E-state index contributed by atoms with van der Waals surface area (Å²) in [6.07, 6.45) is -11.8. The van der Waals surface area contributed by atoms with E-state index in [9.17, 15) is 55.4 Å². The Morgan fingerprint density at radius 3 is 1.29 bits per heavy atom. The Morgan fingerprint density at radius 1 is 0.523 bits per heavy atom. The molecule has 4 N–H and O–H groups in total. The first-order valence-electron chi connectivity index (χ1n) is 20.5. The summed E-state index contributed by atoms with van der Waals surface area (Å²) in [6, 6.07) is 31.5. The second-order valence-electron chi connectivity index (χ2n) is 14.9. The standard InChI is InChI=1S/C23H24F3N3O3.C15H17F3N2O2.C8H9NO2/c24-23(25,26)21(27-15-20(31)18-8-4-5-9-19(18)30)14-22(32)29-12-10-28(11-13-29)16-17-6-2-1-3-7-17;16-15(17,18)13(21)10-14(22)20-8-6-19(7-9-20)11-12-4-2-1-3-5-12;9-5-8(11)6-3-1-2-4-7(6)10/h1-9,30H,10-16H2;1-5H,6-11H2;1-4,10H,5,9H2. The number of alkyl halides is 6. The zero-order chi connectivity index (χ0) is 47.6. The van der Waals surface area contributed by atoms with Crippen LogP contribution in [0.1, 0.15) is 44.7 Å². The van der Waals surface area contributed by atoms with E-state index in [1.54, 1.807) is 18.2 Å². The monoisotopic (exact) mass is 912 g/mol. The quantitative estimate of drug-likeness (QED) is 0.0653. The van der Waals surface area contributed by atoms with Crippen LogP contribution in [-0.2, 0) is 27.5 Å². The van der Waals surface area contributed by atoms with Crippen LogP contribution in [0.15, 0.2) is 114 Å². The van der Waals surface area contributed by atoms with Crippen LogP contribution >= 0.6 is 0 Å². The van der Waals surface area contributed by atoms with E-state index >= 15 is 0 Å². The molecule has 0 saturated carbocycles. The second-order valence-corrected chi connectivity index (χ2v) is 14.9. The summed E-state index contributed by atoms with van der Waals surface area (Å²) in [5, 5.41) is 18.8. The molecule has 0 radical (unpaired) electrons. The van der Waals surface area contributed by atoms with Crippen molar-refractivity contribution in [1.82, 2.24) is 19.6 Å². The number of ketones is 3. The lowest BCUT2D eigenvalue weighted by Gasteiger charge is -2.35. The number of piperazine rings is 2. The van der Waals surface area contributed by atoms with Crippen molar-refractivity contribution >= 4 is 34.9 Å². The number of phenolic OH excluding ortho intramolecular Hbond substituents is 2. The predicted molar refractivity (Wildman–Crippen MR) is 229 cm³/mol. The van der Waals surface area contributed by atoms with Crippen LogP contribution < -0.4 is 5.73 Å². The number of amides is 2. The van der Waals surface area contributed by atoms with E-state index in [1.807, 2.05) is 60.7 Å². The SMILES string of the molecule is NCC(=O)c1ccccc1O.O=C(CC(=O)C(F)(F)F)N1CCN(Cc2ccccc2)CC1.O=C(CN=C(CC(=O)N1CCN(Cc2ccccc2)CC1)C(F)(F)F)c1ccccc1O. The van der Waals surface area contributed by atoms with Gasteiger partial charge in [-0.3, -0.25) is 38.8 Å². The lowest BCUT2D eigenvalue weighted by Crippen LogP contribution is -2.49. The molecule has 0 spiro atoms. The Bertz CT molecular complexity index is 2230. The third-order valence-corrected chi connectivity index (χ3v) is 10.2. The minimum absolute atomic E-state index is 0.0112. The highest BCUT2D eigenvalue weighted by atomic mass is 19.4. The van der Waals surface area contributed by atoms with Gasteiger partial charge in [-0.05, 0) is 35.4 Å². The van der Waals surface area contributed by atoms with Gasteiger partial charge >= 0.3 is 12.4 Å². The number of hydrogen-bond acceptors (Lipinski definition) is 11. The molecule has 2 amide bonds. The maximum absolute atomic E-state index is 13.4. The molecule has 4 aromatic rings. The minimum Gasteiger partial charge on any atom is -0.507 e. The fourth-order valence-electron chi connectivity index (χ4n) is 6.63. The number of benzene rings is 4. The Labute approximate surface area is 371 Å². The van der Waals surface area contributed by atoms with E-state index < -0.39 is 60.8 Å². The van der Waals surface area contributed by atoms with E-state index in [4.69, 9.17) is 10.8 Å². The van der Waals surface area contributed by atoms with Crippen LogP contribution in [0.5, 0.6) is 11.5 Å². The Kier molecular flexibility index (Phi) is 19.4. The smallest absolute Gasteiger partial charge is 0.450 e. The lowest BCUT2D eigenvalue weighted by molar-refractivity contribution is -0.173. The number of phenols is 2. The molecule has 0 bridgehead atoms. The Balaban J connectivity index is 0.000000241. The van der Waals surface area contributed by atoms with Gasteiger partial charge in [-0.25, -0.2) is 0 Å². The summed E-state index contributed by atoms with van der Waals surface area (Å²) in [5.41, 5.74) is 6.27. The van der Waals surface area contributed by atoms with Gasteiger partial charge in [0.2, 0.25) is 17.6 Å². The molecule has 0 atom stereocenters. The van der Waals surface area contributed by atoms with Gasteiger partial charge in [-0.1, -0.05) is 84.9 Å². The van der Waals surface area contributed by atoms with Crippen molar-refractivity contribution in [2.24, 2.45) is 10.7 Å². The van der Waals surface area contributed by atoms with Gasteiger partial charge in [0.15, 0.2) is 11.6 Å². The number of aliphatic imine (C=N–C) groups is 1. The average molecular weight is 913 g/mol. The van der Waals surface area contributed by atoms with E-state index in [-0.39, 0.29) is 35.0 Å². The molecule has 2 heterocycles. The van der Waals surface area contributed by atoms with E-state index in [0.29, 0.717) is 58.9 Å². The number of carbonyl (C=O) groups excluding carboxylic acids is 5. The van der Waals surface area contributed by atoms with Gasteiger partial charge in [0.05, 0.1) is 30.5 Å². The van der Waals surface area contributed by atoms with E-state index in [2.05, 4.69) is 14.8 Å². The van der Waals surface area contributed by atoms with Crippen molar-refractivity contribution in [2.45, 2.75) is 38.3 Å². The summed E-state index contributed by atoms with van der Waals surface area (Å²) >= 11 is 0. The maximum Gasteiger partial charge on any atom is 0.450 e. The molecule has 2 fully saturated rings. The number of carbonyl (C=O) groups is 5. The first-order chi connectivity index (χ1) is 30.8. The zero-order valence-electron chi connectivity index (χ0n) is 35.3. The molecular weight excluding hydrogens is 863 g/mol. The topological polar surface area (TPSA) is 177 Å². The highest BCUT2D eigenvalue weighted by Gasteiger charge is 2.40. The van der Waals surface area contributed by atoms with Crippen LogP contribution in [0.2, 0.25) is 0 Å². The minimum atomic E-state index is -4.94. The molecule has 2 aliphatic heterocycles. The van der Waals surface area contributed by atoms with Crippen molar-refractivity contribution in [2.75, 3.05) is 65.4 Å². The summed E-state index contributed by atoms with van der Waals surface area (Å²) in [7, 11) is 0. The largest absolute Gasteiger partial charge is 0.507 e. The highest BCUT2D eigenvalue weighted by Crippen LogP contribution is 2.23. The molecule has 13 nitrogen and oxygen atoms in total. The van der Waals surface area contributed by atoms with Gasteiger partial charge in [0, 0.05) is 65.4 Å². The van der Waals surface area contributed by atoms with Gasteiger partial charge in [0.25, 0.3) is 0 Å². The zero-order valence-corrected chi connectivity index (χ0v) is 35.3. The van der Waals surface area contributed by atoms with Crippen molar-refractivity contribution in [3.05, 3.63) is 131 Å². The van der Waals surface area contributed by atoms with Crippen LogP contribution in [0, 0.1) is 0 Å². The van der Waals surface area contributed by atoms with Crippen LogP contribution in [-0.4, -0.2) is 142 Å². The fourth-order valence-corrected chi connectivity index (χ4v) is 6.63. The first kappa shape index (κ1) is 51.2. The average Bonchev–Trinajstić information content (AvgIpc) is 3.28. The van der Waals surface area contributed by atoms with Gasteiger partial charge in [-0.2, -0.15) is 26.3 Å². The summed E-state index contributed by atoms with van der Waals surface area (Å²) in [6.45, 7) is 4.21. The molecule has 65 heavy (non-hydrogen) atoms. The number of nitrogens with zero attached hydrogens (tertiary/aromatic N) is 5. The molecule has 0 aliphatic carbocycles. The van der Waals surface area contributed by atoms with Crippen LogP contribution in [0.25, 0.3) is 0 Å². The molecule has 2 saturated heterocycles. The molecule has 0 unspecified atom stereocenters. The molecular formula is C46H50F6N6O7. The molecule has 348 valence electrons. The summed E-state index contributed by atoms with van der Waals surface area (Å²) in [5.74, 6) is -4.75. The van der Waals surface area contributed by atoms with Crippen molar-refractivity contribution in [3.8, 4) is 11.5 Å². The van der Waals surface area contributed by atoms with Crippen molar-refractivity contribution < 1.29 is 60.5 Å².